The van der Waals surface area contributed by atoms with Crippen molar-refractivity contribution < 1.29 is 18.7 Å². The van der Waals surface area contributed by atoms with E-state index in [4.69, 9.17) is 25.5 Å². The van der Waals surface area contributed by atoms with Crippen LogP contribution in [0.5, 0.6) is 11.5 Å². The van der Waals surface area contributed by atoms with Gasteiger partial charge in [-0.15, -0.1) is 0 Å². The van der Waals surface area contributed by atoms with Crippen molar-refractivity contribution in [3.05, 3.63) is 82.8 Å². The van der Waals surface area contributed by atoms with Gasteiger partial charge in [-0.3, -0.25) is 9.69 Å². The van der Waals surface area contributed by atoms with Crippen molar-refractivity contribution >= 4 is 17.5 Å². The molecule has 3 rings (SSSR count). The van der Waals surface area contributed by atoms with E-state index in [-0.39, 0.29) is 11.9 Å². The number of nitrogens with one attached hydrogen (secondary N) is 1. The maximum atomic E-state index is 12.7. The lowest BCUT2D eigenvalue weighted by molar-refractivity contribution is 0.0938. The molecule has 0 spiro atoms. The molecule has 2 aromatic carbocycles. The number of amides is 1. The molecule has 0 bridgehead atoms. The first-order chi connectivity index (χ1) is 14.5. The first-order valence-electron chi connectivity index (χ1n) is 9.51. The molecule has 0 aliphatic heterocycles. The first kappa shape index (κ1) is 21.7. The number of carbonyl (C=O) groups is 1. The van der Waals surface area contributed by atoms with Gasteiger partial charge in [0.15, 0.2) is 11.5 Å². The summed E-state index contributed by atoms with van der Waals surface area (Å²) in [6.45, 7) is 0.781. The lowest BCUT2D eigenvalue weighted by Gasteiger charge is -2.22. The van der Waals surface area contributed by atoms with E-state index >= 15 is 0 Å². The third kappa shape index (κ3) is 5.55. The summed E-state index contributed by atoms with van der Waals surface area (Å²) < 4.78 is 16.7. The summed E-state index contributed by atoms with van der Waals surface area (Å²) in [5, 5.41) is 3.63. The van der Waals surface area contributed by atoms with Crippen LogP contribution >= 0.6 is 11.6 Å². The predicted molar refractivity (Wildman–Crippen MR) is 116 cm³/mol. The normalized spacial score (nSPS) is 11.9. The summed E-state index contributed by atoms with van der Waals surface area (Å²) in [7, 11) is 5.43. The second kappa shape index (κ2) is 10.2. The smallest absolute Gasteiger partial charge is 0.251 e. The van der Waals surface area contributed by atoms with Gasteiger partial charge in [-0.2, -0.15) is 0 Å². The largest absolute Gasteiger partial charge is 0.493 e. The number of carbonyl (C=O) groups excluding carboxylic acids is 1. The van der Waals surface area contributed by atoms with Gasteiger partial charge in [-0.1, -0.05) is 23.7 Å². The Kier molecular flexibility index (Phi) is 7.38. The molecule has 30 heavy (non-hydrogen) atoms. The highest BCUT2D eigenvalue weighted by Gasteiger charge is 2.19. The SMILES string of the molecule is COc1cc(C(=O)NC[C@@H](c2ccco2)N(C)C)ccc1OCc1ccc(Cl)cc1. The molecule has 0 radical (unpaired) electrons. The Balaban J connectivity index is 1.64. The zero-order chi connectivity index (χ0) is 21.5. The Hall–Kier alpha value is -2.96. The highest BCUT2D eigenvalue weighted by Crippen LogP contribution is 2.29. The Morgan fingerprint density at radius 1 is 1.13 bits per heavy atom. The van der Waals surface area contributed by atoms with E-state index in [1.54, 1.807) is 31.6 Å². The molecular formula is C23H25ClN2O4. The number of nitrogens with zero attached hydrogens (tertiary/aromatic N) is 1. The third-order valence-electron chi connectivity index (χ3n) is 4.68. The summed E-state index contributed by atoms with van der Waals surface area (Å²) in [5.41, 5.74) is 1.47. The quantitative estimate of drug-likeness (QED) is 0.541. The number of ether oxygens (including phenoxy) is 2. The number of halogens is 1. The Morgan fingerprint density at radius 3 is 2.53 bits per heavy atom. The van der Waals surface area contributed by atoms with E-state index in [0.29, 0.717) is 35.2 Å². The van der Waals surface area contributed by atoms with Gasteiger partial charge in [-0.25, -0.2) is 0 Å². The molecule has 1 N–H and O–H groups in total. The van der Waals surface area contributed by atoms with Crippen LogP contribution in [0.3, 0.4) is 0 Å². The maximum absolute atomic E-state index is 12.7. The van der Waals surface area contributed by atoms with Gasteiger partial charge in [-0.05, 0) is 62.1 Å². The number of methoxy groups -OCH3 is 1. The van der Waals surface area contributed by atoms with E-state index in [0.717, 1.165) is 11.3 Å². The van der Waals surface area contributed by atoms with Gasteiger partial charge in [0.1, 0.15) is 12.4 Å². The van der Waals surface area contributed by atoms with Crippen LogP contribution in [-0.4, -0.2) is 38.6 Å². The highest BCUT2D eigenvalue weighted by atomic mass is 35.5. The second-order valence-corrected chi connectivity index (χ2v) is 7.42. The Labute approximate surface area is 181 Å². The fourth-order valence-corrected chi connectivity index (χ4v) is 3.11. The average Bonchev–Trinajstić information content (AvgIpc) is 3.27. The summed E-state index contributed by atoms with van der Waals surface area (Å²) >= 11 is 5.91. The number of hydrogen-bond donors (Lipinski definition) is 1. The molecule has 1 aromatic heterocycles. The summed E-state index contributed by atoms with van der Waals surface area (Å²) in [6.07, 6.45) is 1.63. The van der Waals surface area contributed by atoms with E-state index in [1.165, 1.54) is 0 Å². The van der Waals surface area contributed by atoms with Crippen LogP contribution in [0.1, 0.15) is 27.7 Å². The second-order valence-electron chi connectivity index (χ2n) is 6.99. The maximum Gasteiger partial charge on any atom is 0.251 e. The minimum absolute atomic E-state index is 0.0622. The van der Waals surface area contributed by atoms with Crippen molar-refractivity contribution in [2.75, 3.05) is 27.7 Å². The van der Waals surface area contributed by atoms with Gasteiger partial charge < -0.3 is 19.2 Å². The van der Waals surface area contributed by atoms with Crippen LogP contribution in [0.2, 0.25) is 5.02 Å². The molecule has 1 atom stereocenters. The molecule has 1 heterocycles. The third-order valence-corrected chi connectivity index (χ3v) is 4.94. The number of benzene rings is 2. The van der Waals surface area contributed by atoms with Gasteiger partial charge in [0, 0.05) is 17.1 Å². The van der Waals surface area contributed by atoms with Crippen molar-refractivity contribution in [2.45, 2.75) is 12.6 Å². The fraction of sp³-hybridized carbons (Fsp3) is 0.261. The van der Waals surface area contributed by atoms with Crippen molar-refractivity contribution in [1.82, 2.24) is 10.2 Å². The zero-order valence-corrected chi connectivity index (χ0v) is 18.0. The van der Waals surface area contributed by atoms with E-state index in [1.807, 2.05) is 55.4 Å². The minimum Gasteiger partial charge on any atom is -0.493 e. The van der Waals surface area contributed by atoms with E-state index in [2.05, 4.69) is 5.32 Å². The van der Waals surface area contributed by atoms with Crippen LogP contribution in [-0.2, 0) is 6.61 Å². The lowest BCUT2D eigenvalue weighted by atomic mass is 10.1. The topological polar surface area (TPSA) is 63.9 Å². The zero-order valence-electron chi connectivity index (χ0n) is 17.2. The van der Waals surface area contributed by atoms with Crippen LogP contribution in [0.25, 0.3) is 0 Å². The molecule has 158 valence electrons. The standard InChI is InChI=1S/C23H25ClN2O4/c1-26(2)19(20-5-4-12-29-20)14-25-23(27)17-8-11-21(22(13-17)28-3)30-15-16-6-9-18(24)10-7-16/h4-13,19H,14-15H2,1-3H3,(H,25,27)/t19-/m0/s1. The van der Waals surface area contributed by atoms with E-state index < -0.39 is 0 Å². The lowest BCUT2D eigenvalue weighted by Crippen LogP contribution is -2.34. The monoisotopic (exact) mass is 428 g/mol. The van der Waals surface area contributed by atoms with Crippen LogP contribution in [0.4, 0.5) is 0 Å². The van der Waals surface area contributed by atoms with Gasteiger partial charge in [0.25, 0.3) is 5.91 Å². The molecule has 3 aromatic rings. The van der Waals surface area contributed by atoms with Crippen molar-refractivity contribution in [1.29, 1.82) is 0 Å². The first-order valence-corrected chi connectivity index (χ1v) is 9.89. The molecule has 6 nitrogen and oxygen atoms in total. The number of hydrogen-bond acceptors (Lipinski definition) is 5. The number of rotatable bonds is 9. The summed E-state index contributed by atoms with van der Waals surface area (Å²) in [6, 6.07) is 16.2. The molecule has 0 saturated heterocycles. The van der Waals surface area contributed by atoms with Crippen LogP contribution < -0.4 is 14.8 Å². The summed E-state index contributed by atoms with van der Waals surface area (Å²) in [4.78, 5) is 14.7. The van der Waals surface area contributed by atoms with Gasteiger partial charge in [0.05, 0.1) is 19.4 Å². The Morgan fingerprint density at radius 2 is 1.90 bits per heavy atom. The number of furan rings is 1. The van der Waals surface area contributed by atoms with Gasteiger partial charge >= 0.3 is 0 Å². The van der Waals surface area contributed by atoms with Crippen molar-refractivity contribution in [3.63, 3.8) is 0 Å². The van der Waals surface area contributed by atoms with Crippen molar-refractivity contribution in [2.24, 2.45) is 0 Å². The molecule has 1 amide bonds. The van der Waals surface area contributed by atoms with Crippen LogP contribution in [0.15, 0.2) is 65.3 Å². The summed E-state index contributed by atoms with van der Waals surface area (Å²) in [5.74, 6) is 1.65. The molecule has 0 fully saturated rings. The van der Waals surface area contributed by atoms with Crippen LogP contribution in [0, 0.1) is 0 Å². The van der Waals surface area contributed by atoms with Gasteiger partial charge in [0.2, 0.25) is 0 Å². The Bertz CT molecular complexity index is 956. The molecule has 0 unspecified atom stereocenters. The van der Waals surface area contributed by atoms with E-state index in [9.17, 15) is 4.79 Å². The highest BCUT2D eigenvalue weighted by molar-refractivity contribution is 6.30. The number of likely N-dealkylation sites (N-methyl/N-ethyl adjacent to an activating group) is 1. The molecule has 0 aliphatic rings. The molecule has 0 saturated carbocycles. The fourth-order valence-electron chi connectivity index (χ4n) is 2.98. The minimum atomic E-state index is -0.198. The van der Waals surface area contributed by atoms with Crippen molar-refractivity contribution in [3.8, 4) is 11.5 Å². The molecule has 7 heteroatoms. The molecule has 0 aliphatic carbocycles. The average molecular weight is 429 g/mol. The molecular weight excluding hydrogens is 404 g/mol. The predicted octanol–water partition coefficient (Wildman–Crippen LogP) is 4.55.